The molecule has 0 aliphatic carbocycles. The summed E-state index contributed by atoms with van der Waals surface area (Å²) in [6.45, 7) is 5.61. The Bertz CT molecular complexity index is 566. The molecular formula is C13H14INO2. The van der Waals surface area contributed by atoms with Crippen LogP contribution >= 0.6 is 22.9 Å². The lowest BCUT2D eigenvalue weighted by molar-refractivity contribution is 0.00719. The first-order chi connectivity index (χ1) is 7.88. The second-order valence-corrected chi connectivity index (χ2v) is 5.91. The molecule has 1 heterocycles. The molecule has 2 rings (SSSR count). The highest BCUT2D eigenvalue weighted by Crippen LogP contribution is 2.25. The third-order valence-electron chi connectivity index (χ3n) is 2.29. The van der Waals surface area contributed by atoms with Crippen molar-refractivity contribution in [3.63, 3.8) is 0 Å². The molecule has 90 valence electrons. The maximum atomic E-state index is 12.0. The van der Waals surface area contributed by atoms with Crippen LogP contribution in [-0.2, 0) is 4.74 Å². The van der Waals surface area contributed by atoms with E-state index in [0.717, 1.165) is 10.9 Å². The Balaban J connectivity index is 2.46. The molecule has 0 atom stereocenters. The van der Waals surface area contributed by atoms with E-state index in [1.807, 2.05) is 47.8 Å². The predicted octanol–water partition coefficient (Wildman–Crippen LogP) is 3.79. The van der Waals surface area contributed by atoms with E-state index >= 15 is 0 Å². The van der Waals surface area contributed by atoms with Crippen LogP contribution in [-0.4, -0.2) is 14.4 Å². The highest BCUT2D eigenvalue weighted by atomic mass is 127. The minimum absolute atomic E-state index is 0.274. The van der Waals surface area contributed by atoms with Gasteiger partial charge in [0, 0.05) is 11.6 Å². The molecule has 0 saturated carbocycles. The average Bonchev–Trinajstić information content (AvgIpc) is 2.55. The van der Waals surface area contributed by atoms with Gasteiger partial charge in [0.1, 0.15) is 5.60 Å². The van der Waals surface area contributed by atoms with Crippen molar-refractivity contribution in [1.82, 2.24) is 2.78 Å². The standard InChI is InChI=1S/C13H14INO2/c1-13(2,3)17-12(16)10-8-15(14)11-7-5-4-6-9(10)11/h4-8H,1-3H3. The lowest BCUT2D eigenvalue weighted by Gasteiger charge is -2.19. The van der Waals surface area contributed by atoms with Gasteiger partial charge >= 0.3 is 5.97 Å². The van der Waals surface area contributed by atoms with Crippen molar-refractivity contribution in [1.29, 1.82) is 0 Å². The normalized spacial score (nSPS) is 11.8. The summed E-state index contributed by atoms with van der Waals surface area (Å²) in [5.74, 6) is -0.274. The van der Waals surface area contributed by atoms with Crippen LogP contribution < -0.4 is 0 Å². The fraction of sp³-hybridized carbons (Fsp3) is 0.308. The molecule has 4 heteroatoms. The molecule has 0 aliphatic rings. The molecule has 0 N–H and O–H groups in total. The molecule has 1 aromatic carbocycles. The van der Waals surface area contributed by atoms with Crippen molar-refractivity contribution in [2.45, 2.75) is 26.4 Å². The van der Waals surface area contributed by atoms with Crippen molar-refractivity contribution in [2.75, 3.05) is 0 Å². The van der Waals surface area contributed by atoms with E-state index in [-0.39, 0.29) is 5.97 Å². The van der Waals surface area contributed by atoms with Gasteiger partial charge in [-0.1, -0.05) is 18.2 Å². The number of rotatable bonds is 1. The molecule has 0 aliphatic heterocycles. The summed E-state index contributed by atoms with van der Waals surface area (Å²) >= 11 is 2.16. The second kappa shape index (κ2) is 4.33. The molecule has 17 heavy (non-hydrogen) atoms. The van der Waals surface area contributed by atoms with E-state index < -0.39 is 5.60 Å². The summed E-state index contributed by atoms with van der Waals surface area (Å²) in [6.07, 6.45) is 1.80. The number of carbonyl (C=O) groups is 1. The summed E-state index contributed by atoms with van der Waals surface area (Å²) in [5.41, 5.74) is 1.17. The maximum absolute atomic E-state index is 12.0. The lowest BCUT2D eigenvalue weighted by Crippen LogP contribution is -2.23. The molecule has 0 saturated heterocycles. The largest absolute Gasteiger partial charge is 0.456 e. The van der Waals surface area contributed by atoms with Gasteiger partial charge in [-0.2, -0.15) is 0 Å². The van der Waals surface area contributed by atoms with Crippen LogP contribution in [0.2, 0.25) is 0 Å². The lowest BCUT2D eigenvalue weighted by atomic mass is 10.1. The molecule has 3 nitrogen and oxygen atoms in total. The second-order valence-electron chi connectivity index (χ2n) is 4.87. The molecule has 0 spiro atoms. The van der Waals surface area contributed by atoms with Gasteiger partial charge in [-0.05, 0) is 26.8 Å². The Morgan fingerprint density at radius 3 is 2.59 bits per heavy atom. The van der Waals surface area contributed by atoms with Crippen LogP contribution in [0.4, 0.5) is 0 Å². The van der Waals surface area contributed by atoms with Crippen molar-refractivity contribution in [3.05, 3.63) is 36.0 Å². The summed E-state index contributed by atoms with van der Waals surface area (Å²) in [4.78, 5) is 12.0. The number of hydrogen-bond acceptors (Lipinski definition) is 2. The van der Waals surface area contributed by atoms with Gasteiger partial charge in [0.15, 0.2) is 0 Å². The minimum Gasteiger partial charge on any atom is -0.456 e. The smallest absolute Gasteiger partial charge is 0.340 e. The first kappa shape index (κ1) is 12.4. The van der Waals surface area contributed by atoms with Crippen LogP contribution in [0, 0.1) is 0 Å². The third kappa shape index (κ3) is 2.62. The minimum atomic E-state index is -0.467. The van der Waals surface area contributed by atoms with Crippen molar-refractivity contribution < 1.29 is 9.53 Å². The Kier molecular flexibility index (Phi) is 3.16. The van der Waals surface area contributed by atoms with Crippen molar-refractivity contribution in [2.24, 2.45) is 0 Å². The van der Waals surface area contributed by atoms with Crippen LogP contribution in [0.15, 0.2) is 30.5 Å². The van der Waals surface area contributed by atoms with E-state index in [1.165, 1.54) is 0 Å². The van der Waals surface area contributed by atoms with Gasteiger partial charge in [0.05, 0.1) is 33.9 Å². The predicted molar refractivity (Wildman–Crippen MR) is 76.5 cm³/mol. The number of nitrogens with zero attached hydrogens (tertiary/aromatic N) is 1. The summed E-state index contributed by atoms with van der Waals surface area (Å²) in [5, 5.41) is 0.927. The fourth-order valence-electron chi connectivity index (χ4n) is 1.64. The van der Waals surface area contributed by atoms with Gasteiger partial charge in [-0.3, -0.25) is 2.78 Å². The summed E-state index contributed by atoms with van der Waals surface area (Å²) < 4.78 is 7.30. The van der Waals surface area contributed by atoms with E-state index in [9.17, 15) is 4.79 Å². The van der Waals surface area contributed by atoms with E-state index in [0.29, 0.717) is 5.56 Å². The first-order valence-electron chi connectivity index (χ1n) is 5.38. The topological polar surface area (TPSA) is 31.2 Å². The number of halogens is 1. The van der Waals surface area contributed by atoms with E-state index in [1.54, 1.807) is 6.20 Å². The zero-order valence-corrected chi connectivity index (χ0v) is 12.2. The van der Waals surface area contributed by atoms with Crippen LogP contribution in [0.1, 0.15) is 31.1 Å². The van der Waals surface area contributed by atoms with Gasteiger partial charge in [-0.15, -0.1) is 0 Å². The van der Waals surface area contributed by atoms with Crippen LogP contribution in [0.3, 0.4) is 0 Å². The highest BCUT2D eigenvalue weighted by molar-refractivity contribution is 14.1. The van der Waals surface area contributed by atoms with Crippen LogP contribution in [0.5, 0.6) is 0 Å². The Morgan fingerprint density at radius 2 is 1.94 bits per heavy atom. The molecule has 2 aromatic rings. The number of benzene rings is 1. The Labute approximate surface area is 114 Å². The van der Waals surface area contributed by atoms with Gasteiger partial charge in [0.2, 0.25) is 0 Å². The third-order valence-corrected chi connectivity index (χ3v) is 3.08. The monoisotopic (exact) mass is 343 g/mol. The van der Waals surface area contributed by atoms with Gasteiger partial charge in [0.25, 0.3) is 0 Å². The fourth-order valence-corrected chi connectivity index (χ4v) is 2.34. The number of aromatic nitrogens is 1. The van der Waals surface area contributed by atoms with Gasteiger partial charge in [-0.25, -0.2) is 4.79 Å². The summed E-state index contributed by atoms with van der Waals surface area (Å²) in [7, 11) is 0. The molecule has 1 aromatic heterocycles. The SMILES string of the molecule is CC(C)(C)OC(=O)c1cn(I)c2ccccc12. The number of fused-ring (bicyclic) bond motifs is 1. The number of para-hydroxylation sites is 1. The zero-order chi connectivity index (χ0) is 12.6. The molecule has 0 amide bonds. The number of hydrogen-bond donors (Lipinski definition) is 0. The summed E-state index contributed by atoms with van der Waals surface area (Å²) in [6, 6.07) is 7.79. The average molecular weight is 343 g/mol. The van der Waals surface area contributed by atoms with Crippen molar-refractivity contribution in [3.8, 4) is 0 Å². The quantitative estimate of drug-likeness (QED) is 0.583. The van der Waals surface area contributed by atoms with Gasteiger partial charge < -0.3 is 4.74 Å². The van der Waals surface area contributed by atoms with Crippen molar-refractivity contribution >= 4 is 39.7 Å². The Morgan fingerprint density at radius 1 is 1.29 bits per heavy atom. The molecule has 0 unspecified atom stereocenters. The maximum Gasteiger partial charge on any atom is 0.340 e. The highest BCUT2D eigenvalue weighted by Gasteiger charge is 2.21. The van der Waals surface area contributed by atoms with E-state index in [4.69, 9.17) is 4.74 Å². The first-order valence-corrected chi connectivity index (χ1v) is 6.34. The molecule has 0 radical (unpaired) electrons. The Hall–Kier alpha value is -1.04. The van der Waals surface area contributed by atoms with E-state index in [2.05, 4.69) is 22.9 Å². The zero-order valence-electron chi connectivity index (χ0n) is 10.0. The number of esters is 1. The van der Waals surface area contributed by atoms with Crippen LogP contribution in [0.25, 0.3) is 10.9 Å². The molecule has 0 fully saturated rings. The molecule has 0 bridgehead atoms. The number of ether oxygens (including phenoxy) is 1. The molecular weight excluding hydrogens is 329 g/mol. The number of carbonyl (C=O) groups excluding carboxylic acids is 1.